The van der Waals surface area contributed by atoms with Gasteiger partial charge in [-0.2, -0.15) is 13.2 Å². The summed E-state index contributed by atoms with van der Waals surface area (Å²) in [5.74, 6) is -2.94. The molecule has 0 aromatic heterocycles. The van der Waals surface area contributed by atoms with Gasteiger partial charge in [-0.3, -0.25) is 0 Å². The van der Waals surface area contributed by atoms with E-state index in [0.717, 1.165) is 25.1 Å². The topological polar surface area (TPSA) is 87.1 Å². The highest BCUT2D eigenvalue weighted by Crippen LogP contribution is 2.30. The van der Waals surface area contributed by atoms with Crippen LogP contribution in [0.2, 0.25) is 0 Å². The summed E-state index contributed by atoms with van der Waals surface area (Å²) in [6.45, 7) is 1.30. The molecule has 0 spiro atoms. The molecule has 1 unspecified atom stereocenters. The van der Waals surface area contributed by atoms with E-state index in [4.69, 9.17) is 24.5 Å². The lowest BCUT2D eigenvalue weighted by Crippen LogP contribution is -2.28. The van der Waals surface area contributed by atoms with Gasteiger partial charge < -0.3 is 19.8 Å². The van der Waals surface area contributed by atoms with Crippen LogP contribution in [0.15, 0.2) is 54.6 Å². The van der Waals surface area contributed by atoms with Crippen molar-refractivity contribution in [1.82, 2.24) is 4.90 Å². The van der Waals surface area contributed by atoms with E-state index in [1.165, 1.54) is 17.7 Å². The standard InChI is InChI=1S/C19H22F3NO.C2H2O4/c1-23(2)13-16(12-15-6-4-3-5-7-15)14-24-18-10-8-17(9-11-18)19(20,21)22;3-1(4)2(5)6/h3-11,16H,12-14H2,1-2H3;(H,3,4)(H,5,6). The summed E-state index contributed by atoms with van der Waals surface area (Å²) in [4.78, 5) is 20.3. The Kier molecular flexibility index (Phi) is 9.83. The van der Waals surface area contributed by atoms with Gasteiger partial charge in [-0.05, 0) is 50.3 Å². The molecule has 0 aliphatic heterocycles. The summed E-state index contributed by atoms with van der Waals surface area (Å²) < 4.78 is 43.4. The van der Waals surface area contributed by atoms with Crippen LogP contribution in [-0.2, 0) is 22.2 Å². The fourth-order valence-electron chi connectivity index (χ4n) is 2.59. The smallest absolute Gasteiger partial charge is 0.416 e. The van der Waals surface area contributed by atoms with E-state index >= 15 is 0 Å². The average molecular weight is 427 g/mol. The van der Waals surface area contributed by atoms with Crippen LogP contribution < -0.4 is 4.74 Å². The number of alkyl halides is 3. The Morgan fingerprint density at radius 1 is 0.967 bits per heavy atom. The van der Waals surface area contributed by atoms with Crippen molar-refractivity contribution in [1.29, 1.82) is 0 Å². The Labute approximate surface area is 172 Å². The number of carboxylic acid groups (broad SMARTS) is 2. The Hall–Kier alpha value is -3.07. The van der Waals surface area contributed by atoms with Gasteiger partial charge in [0.25, 0.3) is 0 Å². The molecule has 1 atom stereocenters. The normalized spacial score (nSPS) is 11.9. The van der Waals surface area contributed by atoms with Gasteiger partial charge in [0.15, 0.2) is 0 Å². The van der Waals surface area contributed by atoms with Crippen molar-refractivity contribution in [3.63, 3.8) is 0 Å². The summed E-state index contributed by atoms with van der Waals surface area (Å²) in [6, 6.07) is 15.0. The Morgan fingerprint density at radius 3 is 1.93 bits per heavy atom. The lowest BCUT2D eigenvalue weighted by molar-refractivity contribution is -0.159. The average Bonchev–Trinajstić information content (AvgIpc) is 2.66. The van der Waals surface area contributed by atoms with Crippen LogP contribution in [0.1, 0.15) is 11.1 Å². The van der Waals surface area contributed by atoms with Crippen molar-refractivity contribution >= 4 is 11.9 Å². The number of carboxylic acids is 2. The molecule has 9 heteroatoms. The first-order valence-corrected chi connectivity index (χ1v) is 8.94. The minimum atomic E-state index is -4.32. The fraction of sp³-hybridized carbons (Fsp3) is 0.333. The van der Waals surface area contributed by atoms with Crippen LogP contribution in [0.3, 0.4) is 0 Å². The van der Waals surface area contributed by atoms with Gasteiger partial charge in [-0.15, -0.1) is 0 Å². The third-order valence-electron chi connectivity index (χ3n) is 3.84. The summed E-state index contributed by atoms with van der Waals surface area (Å²) in [6.07, 6.45) is -3.46. The van der Waals surface area contributed by atoms with E-state index in [0.29, 0.717) is 12.4 Å². The zero-order valence-corrected chi connectivity index (χ0v) is 16.6. The summed E-state index contributed by atoms with van der Waals surface area (Å²) >= 11 is 0. The van der Waals surface area contributed by atoms with Gasteiger partial charge in [0.1, 0.15) is 5.75 Å². The molecule has 0 heterocycles. The van der Waals surface area contributed by atoms with Crippen LogP contribution in [0.5, 0.6) is 5.75 Å². The number of aliphatic carboxylic acids is 2. The second-order valence-electron chi connectivity index (χ2n) is 6.76. The number of hydrogen-bond acceptors (Lipinski definition) is 4. The highest BCUT2D eigenvalue weighted by molar-refractivity contribution is 6.27. The van der Waals surface area contributed by atoms with E-state index in [-0.39, 0.29) is 5.92 Å². The summed E-state index contributed by atoms with van der Waals surface area (Å²) in [5, 5.41) is 14.8. The van der Waals surface area contributed by atoms with Crippen LogP contribution in [-0.4, -0.2) is 54.3 Å². The Balaban J connectivity index is 0.000000656. The SMILES string of the molecule is CN(C)CC(COc1ccc(C(F)(F)F)cc1)Cc1ccccc1.O=C(O)C(=O)O. The van der Waals surface area contributed by atoms with Crippen LogP contribution >= 0.6 is 0 Å². The molecule has 2 aromatic rings. The molecule has 0 aliphatic rings. The van der Waals surface area contributed by atoms with Crippen LogP contribution in [0.4, 0.5) is 13.2 Å². The molecule has 0 amide bonds. The number of nitrogens with zero attached hydrogens (tertiary/aromatic N) is 1. The zero-order valence-electron chi connectivity index (χ0n) is 16.6. The molecular formula is C21H24F3NO5. The molecular weight excluding hydrogens is 403 g/mol. The van der Waals surface area contributed by atoms with Crippen molar-refractivity contribution in [2.24, 2.45) is 5.92 Å². The molecule has 2 rings (SSSR count). The number of carbonyl (C=O) groups is 2. The maximum atomic E-state index is 12.6. The van der Waals surface area contributed by atoms with Gasteiger partial charge in [0, 0.05) is 12.5 Å². The minimum absolute atomic E-state index is 0.254. The molecule has 0 saturated carbocycles. The quantitative estimate of drug-likeness (QED) is 0.656. The van der Waals surface area contributed by atoms with Crippen LogP contribution in [0, 0.1) is 5.92 Å². The van der Waals surface area contributed by atoms with E-state index in [9.17, 15) is 13.2 Å². The fourth-order valence-corrected chi connectivity index (χ4v) is 2.59. The third-order valence-corrected chi connectivity index (χ3v) is 3.84. The molecule has 2 aromatic carbocycles. The number of hydrogen-bond donors (Lipinski definition) is 2. The van der Waals surface area contributed by atoms with Gasteiger partial charge in [-0.25, -0.2) is 9.59 Å². The first kappa shape index (κ1) is 25.0. The highest BCUT2D eigenvalue weighted by atomic mass is 19.4. The maximum absolute atomic E-state index is 12.6. The molecule has 6 nitrogen and oxygen atoms in total. The second-order valence-corrected chi connectivity index (χ2v) is 6.76. The van der Waals surface area contributed by atoms with Crippen LogP contribution in [0.25, 0.3) is 0 Å². The van der Waals surface area contributed by atoms with Gasteiger partial charge >= 0.3 is 18.1 Å². The van der Waals surface area contributed by atoms with E-state index in [1.807, 2.05) is 32.3 Å². The lowest BCUT2D eigenvalue weighted by Gasteiger charge is -2.21. The van der Waals surface area contributed by atoms with E-state index in [2.05, 4.69) is 17.0 Å². The Morgan fingerprint density at radius 2 is 1.50 bits per heavy atom. The number of halogens is 3. The Bertz CT molecular complexity index is 781. The van der Waals surface area contributed by atoms with Gasteiger partial charge in [0.05, 0.1) is 12.2 Å². The largest absolute Gasteiger partial charge is 0.493 e. The molecule has 0 fully saturated rings. The second kappa shape index (κ2) is 11.8. The van der Waals surface area contributed by atoms with Gasteiger partial charge in [0.2, 0.25) is 0 Å². The predicted octanol–water partition coefficient (Wildman–Crippen LogP) is 3.66. The molecule has 0 radical (unpaired) electrons. The molecule has 0 aliphatic carbocycles. The molecule has 0 saturated heterocycles. The molecule has 0 bridgehead atoms. The predicted molar refractivity (Wildman–Crippen MR) is 104 cm³/mol. The molecule has 30 heavy (non-hydrogen) atoms. The molecule has 164 valence electrons. The summed E-state index contributed by atoms with van der Waals surface area (Å²) in [7, 11) is 3.99. The maximum Gasteiger partial charge on any atom is 0.416 e. The monoisotopic (exact) mass is 427 g/mol. The van der Waals surface area contributed by atoms with Crippen molar-refractivity contribution < 1.29 is 37.7 Å². The van der Waals surface area contributed by atoms with Crippen molar-refractivity contribution in [2.45, 2.75) is 12.6 Å². The minimum Gasteiger partial charge on any atom is -0.493 e. The first-order chi connectivity index (χ1) is 14.0. The van der Waals surface area contributed by atoms with Crippen molar-refractivity contribution in [3.05, 3.63) is 65.7 Å². The number of rotatable bonds is 7. The number of benzene rings is 2. The molecule has 2 N–H and O–H groups in total. The summed E-state index contributed by atoms with van der Waals surface area (Å²) in [5.41, 5.74) is 0.560. The van der Waals surface area contributed by atoms with E-state index in [1.54, 1.807) is 0 Å². The highest BCUT2D eigenvalue weighted by Gasteiger charge is 2.30. The van der Waals surface area contributed by atoms with E-state index < -0.39 is 23.7 Å². The van der Waals surface area contributed by atoms with Crippen molar-refractivity contribution in [2.75, 3.05) is 27.2 Å². The third kappa shape index (κ3) is 9.92. The van der Waals surface area contributed by atoms with Crippen molar-refractivity contribution in [3.8, 4) is 5.75 Å². The number of ether oxygens (including phenoxy) is 1. The first-order valence-electron chi connectivity index (χ1n) is 8.94. The lowest BCUT2D eigenvalue weighted by atomic mass is 9.99. The zero-order chi connectivity index (χ0) is 22.7. The van der Waals surface area contributed by atoms with Gasteiger partial charge in [-0.1, -0.05) is 30.3 Å².